The van der Waals surface area contributed by atoms with Gasteiger partial charge in [-0.15, -0.1) is 0 Å². The molecule has 0 saturated heterocycles. The number of aromatic amines is 1. The molecular formula is C14H20N4O. The van der Waals surface area contributed by atoms with Crippen LogP contribution in [0.2, 0.25) is 0 Å². The third kappa shape index (κ3) is 1.98. The number of nitrogens with zero attached hydrogens (tertiary/aromatic N) is 2. The third-order valence-corrected chi connectivity index (χ3v) is 4.16. The van der Waals surface area contributed by atoms with E-state index in [-0.39, 0.29) is 5.54 Å². The van der Waals surface area contributed by atoms with E-state index in [1.807, 2.05) is 13.1 Å². The van der Waals surface area contributed by atoms with E-state index in [1.165, 1.54) is 19.3 Å². The molecule has 2 aromatic heterocycles. The second kappa shape index (κ2) is 4.49. The maximum absolute atomic E-state index is 6.62. The highest BCUT2D eigenvalue weighted by atomic mass is 16.5. The first-order valence-corrected chi connectivity index (χ1v) is 6.83. The summed E-state index contributed by atoms with van der Waals surface area (Å²) in [5, 5.41) is 1.06. The molecule has 0 bridgehead atoms. The summed E-state index contributed by atoms with van der Waals surface area (Å²) in [7, 11) is 1.58. The molecule has 2 heterocycles. The van der Waals surface area contributed by atoms with Crippen LogP contribution < -0.4 is 10.5 Å². The molecule has 0 unspecified atom stereocenters. The van der Waals surface area contributed by atoms with Crippen LogP contribution in [0.25, 0.3) is 11.0 Å². The lowest BCUT2D eigenvalue weighted by molar-refractivity contribution is 0.304. The lowest BCUT2D eigenvalue weighted by Gasteiger charge is -2.33. The summed E-state index contributed by atoms with van der Waals surface area (Å²) < 4.78 is 5.11. The van der Waals surface area contributed by atoms with Gasteiger partial charge in [0.25, 0.3) is 0 Å². The van der Waals surface area contributed by atoms with Gasteiger partial charge in [0.05, 0.1) is 12.8 Å². The van der Waals surface area contributed by atoms with Crippen molar-refractivity contribution in [2.45, 2.75) is 44.6 Å². The predicted molar refractivity (Wildman–Crippen MR) is 74.1 cm³/mol. The summed E-state index contributed by atoms with van der Waals surface area (Å²) in [6, 6.07) is 0.396. The zero-order valence-electron chi connectivity index (χ0n) is 11.5. The molecule has 1 fully saturated rings. The quantitative estimate of drug-likeness (QED) is 0.869. The molecule has 102 valence electrons. The number of nitrogens with one attached hydrogen (secondary N) is 1. The molecule has 0 atom stereocenters. The van der Waals surface area contributed by atoms with E-state index < -0.39 is 0 Å². The highest BCUT2D eigenvalue weighted by molar-refractivity contribution is 5.83. The Bertz CT molecular complexity index is 599. The Hall–Kier alpha value is -1.62. The van der Waals surface area contributed by atoms with Crippen molar-refractivity contribution in [3.8, 4) is 6.01 Å². The first kappa shape index (κ1) is 12.4. The number of H-pyrrole nitrogens is 1. The first-order chi connectivity index (χ1) is 9.14. The van der Waals surface area contributed by atoms with Crippen molar-refractivity contribution in [3.05, 3.63) is 17.5 Å². The van der Waals surface area contributed by atoms with Gasteiger partial charge in [0.2, 0.25) is 0 Å². The van der Waals surface area contributed by atoms with Gasteiger partial charge in [-0.25, -0.2) is 0 Å². The van der Waals surface area contributed by atoms with Gasteiger partial charge in [-0.1, -0.05) is 19.3 Å². The summed E-state index contributed by atoms with van der Waals surface area (Å²) >= 11 is 0. The molecule has 3 rings (SSSR count). The van der Waals surface area contributed by atoms with Gasteiger partial charge in [0.15, 0.2) is 0 Å². The van der Waals surface area contributed by atoms with Crippen molar-refractivity contribution in [2.24, 2.45) is 5.73 Å². The van der Waals surface area contributed by atoms with Crippen molar-refractivity contribution in [1.29, 1.82) is 0 Å². The van der Waals surface area contributed by atoms with E-state index in [0.717, 1.165) is 35.1 Å². The number of ether oxygens (including phenoxy) is 1. The zero-order chi connectivity index (χ0) is 13.5. The minimum Gasteiger partial charge on any atom is -0.467 e. The molecule has 19 heavy (non-hydrogen) atoms. The number of hydrogen-bond donors (Lipinski definition) is 2. The number of rotatable bonds is 2. The lowest BCUT2D eigenvalue weighted by Crippen LogP contribution is -2.38. The summed E-state index contributed by atoms with van der Waals surface area (Å²) in [5.74, 6) is 0. The summed E-state index contributed by atoms with van der Waals surface area (Å²) in [6.45, 7) is 1.98. The number of aromatic nitrogens is 3. The highest BCUT2D eigenvalue weighted by Gasteiger charge is 2.32. The van der Waals surface area contributed by atoms with Gasteiger partial charge in [0, 0.05) is 22.7 Å². The van der Waals surface area contributed by atoms with E-state index in [1.54, 1.807) is 7.11 Å². The molecule has 0 aliphatic heterocycles. The average molecular weight is 260 g/mol. The Morgan fingerprint density at radius 3 is 2.68 bits per heavy atom. The average Bonchev–Trinajstić information content (AvgIpc) is 2.84. The molecule has 0 spiro atoms. The van der Waals surface area contributed by atoms with Gasteiger partial charge in [0.1, 0.15) is 5.65 Å². The number of fused-ring (bicyclic) bond motifs is 1. The molecule has 2 aromatic rings. The topological polar surface area (TPSA) is 76.8 Å². The van der Waals surface area contributed by atoms with Crippen molar-refractivity contribution in [2.75, 3.05) is 7.11 Å². The van der Waals surface area contributed by atoms with Crippen molar-refractivity contribution in [3.63, 3.8) is 0 Å². The standard InChI is InChI=1S/C14H20N4O/c1-9-11-10(14(15)6-4-3-5-7-14)8-16-12(11)18-13(17-9)19-2/h8H,3-7,15H2,1-2H3,(H,16,17,18). The largest absolute Gasteiger partial charge is 0.467 e. The molecule has 1 aliphatic rings. The van der Waals surface area contributed by atoms with Gasteiger partial charge < -0.3 is 15.5 Å². The SMILES string of the molecule is COc1nc(C)c2c(C3(N)CCCCC3)c[nH]c2n1. The second-order valence-electron chi connectivity index (χ2n) is 5.44. The minimum atomic E-state index is -0.237. The Balaban J connectivity index is 2.14. The smallest absolute Gasteiger partial charge is 0.318 e. The fraction of sp³-hybridized carbons (Fsp3) is 0.571. The van der Waals surface area contributed by atoms with Crippen LogP contribution in [-0.2, 0) is 5.54 Å². The third-order valence-electron chi connectivity index (χ3n) is 4.16. The van der Waals surface area contributed by atoms with Crippen molar-refractivity contribution < 1.29 is 4.74 Å². The van der Waals surface area contributed by atoms with Crippen LogP contribution in [0, 0.1) is 6.92 Å². The van der Waals surface area contributed by atoms with Crippen LogP contribution in [-0.4, -0.2) is 22.1 Å². The molecule has 1 aliphatic carbocycles. The van der Waals surface area contributed by atoms with Crippen molar-refractivity contribution in [1.82, 2.24) is 15.0 Å². The summed E-state index contributed by atoms with van der Waals surface area (Å²) in [6.07, 6.45) is 7.73. The molecule has 3 N–H and O–H groups in total. The lowest BCUT2D eigenvalue weighted by atomic mass is 9.77. The van der Waals surface area contributed by atoms with E-state index in [9.17, 15) is 0 Å². The van der Waals surface area contributed by atoms with Gasteiger partial charge in [-0.2, -0.15) is 9.97 Å². The van der Waals surface area contributed by atoms with Crippen LogP contribution >= 0.6 is 0 Å². The fourth-order valence-electron chi connectivity index (χ4n) is 3.12. The van der Waals surface area contributed by atoms with Crippen LogP contribution in [0.3, 0.4) is 0 Å². The molecule has 0 aromatic carbocycles. The van der Waals surface area contributed by atoms with E-state index in [2.05, 4.69) is 15.0 Å². The van der Waals surface area contributed by atoms with Gasteiger partial charge in [-0.3, -0.25) is 0 Å². The molecule has 1 saturated carbocycles. The van der Waals surface area contributed by atoms with Crippen molar-refractivity contribution >= 4 is 11.0 Å². The normalized spacial score (nSPS) is 18.7. The van der Waals surface area contributed by atoms with Crippen LogP contribution in [0.5, 0.6) is 6.01 Å². The zero-order valence-corrected chi connectivity index (χ0v) is 11.5. The minimum absolute atomic E-state index is 0.237. The van der Waals surface area contributed by atoms with E-state index in [4.69, 9.17) is 10.5 Å². The Morgan fingerprint density at radius 1 is 1.26 bits per heavy atom. The number of aryl methyl sites for hydroxylation is 1. The van der Waals surface area contributed by atoms with Gasteiger partial charge in [-0.05, 0) is 19.8 Å². The van der Waals surface area contributed by atoms with Crippen LogP contribution in [0.15, 0.2) is 6.20 Å². The Labute approximate surface area is 112 Å². The molecule has 0 amide bonds. The number of methoxy groups -OCH3 is 1. The Kier molecular flexibility index (Phi) is 2.93. The Morgan fingerprint density at radius 2 is 2.00 bits per heavy atom. The number of nitrogens with two attached hydrogens (primary N) is 1. The van der Waals surface area contributed by atoms with Crippen LogP contribution in [0.1, 0.15) is 43.4 Å². The summed E-state index contributed by atoms with van der Waals surface area (Å²) in [4.78, 5) is 11.9. The molecule has 0 radical (unpaired) electrons. The first-order valence-electron chi connectivity index (χ1n) is 6.83. The van der Waals surface area contributed by atoms with E-state index >= 15 is 0 Å². The molecule has 5 nitrogen and oxygen atoms in total. The molecule has 5 heteroatoms. The molecular weight excluding hydrogens is 240 g/mol. The van der Waals surface area contributed by atoms with Crippen LogP contribution in [0.4, 0.5) is 0 Å². The number of hydrogen-bond acceptors (Lipinski definition) is 4. The monoisotopic (exact) mass is 260 g/mol. The van der Waals surface area contributed by atoms with Gasteiger partial charge >= 0.3 is 6.01 Å². The maximum Gasteiger partial charge on any atom is 0.318 e. The predicted octanol–water partition coefficient (Wildman–Crippen LogP) is 2.39. The fourth-order valence-corrected chi connectivity index (χ4v) is 3.12. The summed E-state index contributed by atoms with van der Waals surface area (Å²) in [5.41, 5.74) is 9.28. The second-order valence-corrected chi connectivity index (χ2v) is 5.44. The van der Waals surface area contributed by atoms with E-state index in [0.29, 0.717) is 6.01 Å². The maximum atomic E-state index is 6.62. The highest BCUT2D eigenvalue weighted by Crippen LogP contribution is 2.38.